The molecule has 2 amide bonds. The number of ether oxygens (including phenoxy) is 2. The zero-order valence-corrected chi connectivity index (χ0v) is 31.8. The highest BCUT2D eigenvalue weighted by Gasteiger charge is 2.62. The molecule has 0 radical (unpaired) electrons. The average molecular weight is 703 g/mol. The van der Waals surface area contributed by atoms with Crippen LogP contribution >= 0.6 is 11.3 Å². The van der Waals surface area contributed by atoms with Gasteiger partial charge in [-0.3, -0.25) is 14.5 Å². The van der Waals surface area contributed by atoms with Gasteiger partial charge in [-0.2, -0.15) is 0 Å². The predicted molar refractivity (Wildman–Crippen MR) is 198 cm³/mol. The van der Waals surface area contributed by atoms with Crippen molar-refractivity contribution in [2.45, 2.75) is 123 Å². The number of imide groups is 1. The molecular weight excluding hydrogens is 647 g/mol. The van der Waals surface area contributed by atoms with E-state index >= 15 is 0 Å². The van der Waals surface area contributed by atoms with Crippen molar-refractivity contribution in [2.24, 2.45) is 23.2 Å². The fraction of sp³-hybridized carbons (Fsp3) is 0.610. The summed E-state index contributed by atoms with van der Waals surface area (Å²) in [4.78, 5) is 43.8. The molecule has 3 aliphatic heterocycles. The molecule has 8 nitrogen and oxygen atoms in total. The Balaban J connectivity index is 1.32. The normalized spacial score (nSPS) is 31.9. The van der Waals surface area contributed by atoms with Crippen molar-refractivity contribution in [3.05, 3.63) is 57.8 Å². The van der Waals surface area contributed by atoms with Crippen LogP contribution in [0.25, 0.3) is 0 Å². The van der Waals surface area contributed by atoms with Crippen LogP contribution in [-0.2, 0) is 32.0 Å². The van der Waals surface area contributed by atoms with Gasteiger partial charge in [-0.15, -0.1) is 11.3 Å². The number of fused-ring (bicyclic) bond motifs is 1. The Morgan fingerprint density at radius 3 is 2.56 bits per heavy atom. The van der Waals surface area contributed by atoms with Crippen LogP contribution in [0.15, 0.2) is 42.5 Å². The van der Waals surface area contributed by atoms with Gasteiger partial charge >= 0.3 is 12.1 Å². The van der Waals surface area contributed by atoms with Crippen LogP contribution in [0.2, 0.25) is 0 Å². The summed E-state index contributed by atoms with van der Waals surface area (Å²) in [6, 6.07) is 14.9. The van der Waals surface area contributed by atoms with E-state index in [0.29, 0.717) is 25.7 Å². The lowest BCUT2D eigenvalue weighted by Gasteiger charge is -2.40. The lowest BCUT2D eigenvalue weighted by molar-refractivity contribution is -0.604. The highest BCUT2D eigenvalue weighted by molar-refractivity contribution is 7.12. The van der Waals surface area contributed by atoms with Gasteiger partial charge in [-0.1, -0.05) is 62.9 Å². The number of hydrogen-bond donors (Lipinski definition) is 1. The third-order valence-electron chi connectivity index (χ3n) is 11.3. The molecule has 8 atom stereocenters. The van der Waals surface area contributed by atoms with Crippen molar-refractivity contribution < 1.29 is 28.4 Å². The van der Waals surface area contributed by atoms with E-state index in [1.165, 1.54) is 17.5 Å². The second-order valence-corrected chi connectivity index (χ2v) is 16.5. The molecule has 0 spiro atoms. The standard InChI is InChI=1S/C41H56N3O5S/c1-8-35-41(6)36-30(4)44(24-14-19-34(36)38(46)49-41)29(3)26-40(5,25-28(2)37(45)43(7)39(47)48-35)22-12-18-32-20-21-33(50-32)27-42-23-13-17-31-15-10-9-11-16-31/h9-11,15-16,20-21,24,28-30,34-36,42H,8,13-14,17,19,22-23,25-27H2,1-7H3/q+1/t28-,29-,30-,34?,35-,36+,40+,41-/m1/s1. The van der Waals surface area contributed by atoms with Crippen molar-refractivity contribution in [1.82, 2.24) is 10.2 Å². The molecule has 9 heteroatoms. The molecule has 5 rings (SSSR count). The zero-order chi connectivity index (χ0) is 36.1. The number of benzene rings is 1. The summed E-state index contributed by atoms with van der Waals surface area (Å²) in [6.45, 7) is 14.2. The molecular formula is C41H56N3O5S+. The molecule has 2 aromatic rings. The second-order valence-electron chi connectivity index (χ2n) is 15.3. The van der Waals surface area contributed by atoms with Crippen LogP contribution in [0.5, 0.6) is 0 Å². The highest BCUT2D eigenvalue weighted by Crippen LogP contribution is 2.48. The Hall–Kier alpha value is -3.48. The first-order valence-electron chi connectivity index (χ1n) is 18.5. The summed E-state index contributed by atoms with van der Waals surface area (Å²) in [6.07, 6.45) is 6.98. The number of carbonyl (C=O) groups excluding carboxylic acids is 3. The van der Waals surface area contributed by atoms with Crippen molar-refractivity contribution in [3.8, 4) is 11.8 Å². The Morgan fingerprint density at radius 2 is 1.82 bits per heavy atom. The molecule has 2 bridgehead atoms. The van der Waals surface area contributed by atoms with Gasteiger partial charge in [0.2, 0.25) is 5.91 Å². The minimum Gasteiger partial charge on any atom is -0.455 e. The van der Waals surface area contributed by atoms with E-state index in [2.05, 4.69) is 91.2 Å². The van der Waals surface area contributed by atoms with Gasteiger partial charge in [0.1, 0.15) is 18.4 Å². The molecule has 1 aromatic carbocycles. The van der Waals surface area contributed by atoms with E-state index < -0.39 is 23.7 Å². The molecule has 270 valence electrons. The summed E-state index contributed by atoms with van der Waals surface area (Å²) in [5.41, 5.74) is 0.0493. The Labute approximate surface area is 303 Å². The molecule has 1 unspecified atom stereocenters. The summed E-state index contributed by atoms with van der Waals surface area (Å²) in [5.74, 6) is 5.54. The number of hydrogen-bond acceptors (Lipinski definition) is 7. The number of cyclic esters (lactones) is 1. The van der Waals surface area contributed by atoms with Gasteiger partial charge in [0.15, 0.2) is 11.6 Å². The van der Waals surface area contributed by atoms with E-state index in [1.807, 2.05) is 20.8 Å². The molecule has 2 fully saturated rings. The van der Waals surface area contributed by atoms with Crippen LogP contribution in [0.4, 0.5) is 4.79 Å². The lowest BCUT2D eigenvalue weighted by Crippen LogP contribution is -2.55. The van der Waals surface area contributed by atoms with Gasteiger partial charge in [0, 0.05) is 43.6 Å². The maximum Gasteiger partial charge on any atom is 0.416 e. The average Bonchev–Trinajstić information content (AvgIpc) is 3.58. The number of rotatable bonds is 8. The molecule has 4 heterocycles. The lowest BCUT2D eigenvalue weighted by atomic mass is 9.72. The van der Waals surface area contributed by atoms with Gasteiger partial charge in [0.05, 0.1) is 16.7 Å². The molecule has 0 saturated carbocycles. The fourth-order valence-corrected chi connectivity index (χ4v) is 9.75. The third-order valence-corrected chi connectivity index (χ3v) is 12.3. The molecule has 1 aromatic heterocycles. The molecule has 50 heavy (non-hydrogen) atoms. The molecule has 1 N–H and O–H groups in total. The number of carbonyl (C=O) groups is 3. The van der Waals surface area contributed by atoms with Crippen LogP contribution in [0.1, 0.15) is 102 Å². The van der Waals surface area contributed by atoms with Crippen molar-refractivity contribution in [2.75, 3.05) is 13.6 Å². The number of nitrogens with one attached hydrogen (secondary N) is 1. The summed E-state index contributed by atoms with van der Waals surface area (Å²) in [7, 11) is 1.49. The first-order valence-corrected chi connectivity index (χ1v) is 19.3. The first kappa shape index (κ1) is 37.8. The summed E-state index contributed by atoms with van der Waals surface area (Å²) >= 11 is 1.72. The monoisotopic (exact) mass is 702 g/mol. The van der Waals surface area contributed by atoms with Crippen LogP contribution in [0.3, 0.4) is 0 Å². The topological polar surface area (TPSA) is 88.0 Å². The Morgan fingerprint density at radius 1 is 1.06 bits per heavy atom. The van der Waals surface area contributed by atoms with Gasteiger partial charge in [-0.05, 0) is 82.5 Å². The zero-order valence-electron chi connectivity index (χ0n) is 31.0. The second kappa shape index (κ2) is 16.2. The maximum atomic E-state index is 13.7. The highest BCUT2D eigenvalue weighted by atomic mass is 32.1. The van der Waals surface area contributed by atoms with E-state index in [4.69, 9.17) is 9.47 Å². The molecule has 2 saturated heterocycles. The predicted octanol–water partition coefficient (Wildman–Crippen LogP) is 7.22. The van der Waals surface area contributed by atoms with Crippen LogP contribution in [-0.4, -0.2) is 71.0 Å². The van der Waals surface area contributed by atoms with Crippen LogP contribution in [0, 0.1) is 35.0 Å². The van der Waals surface area contributed by atoms with E-state index in [0.717, 1.165) is 48.5 Å². The van der Waals surface area contributed by atoms with E-state index in [-0.39, 0.29) is 41.2 Å². The van der Waals surface area contributed by atoms with Crippen molar-refractivity contribution in [3.63, 3.8) is 0 Å². The van der Waals surface area contributed by atoms with Crippen molar-refractivity contribution in [1.29, 1.82) is 0 Å². The number of thiophene rings is 1. The Bertz CT molecular complexity index is 1610. The third kappa shape index (κ3) is 8.51. The number of aryl methyl sites for hydroxylation is 1. The number of esters is 1. The van der Waals surface area contributed by atoms with Crippen molar-refractivity contribution >= 4 is 35.5 Å². The van der Waals surface area contributed by atoms with Gasteiger partial charge in [-0.25, -0.2) is 9.37 Å². The summed E-state index contributed by atoms with van der Waals surface area (Å²) in [5, 5.41) is 3.57. The minimum atomic E-state index is -1.01. The molecule has 3 aliphatic rings. The van der Waals surface area contributed by atoms with E-state index in [1.54, 1.807) is 11.3 Å². The molecule has 0 aliphatic carbocycles. The number of nitrogens with zero attached hydrogens (tertiary/aromatic N) is 2. The SMILES string of the molecule is CC[C@H]1OC(=O)N(C)C(=O)[C@H](C)C[C@](C)(CC#Cc2ccc(CNCCCc3ccccc3)s2)C[C@@H](C)[N+]2=CCCC3C(=O)O[C@@]1(C)[C@H]3[C@H]2C. The van der Waals surface area contributed by atoms with Gasteiger partial charge < -0.3 is 14.8 Å². The minimum absolute atomic E-state index is 0.0201. The van der Waals surface area contributed by atoms with Crippen LogP contribution < -0.4 is 5.32 Å². The van der Waals surface area contributed by atoms with E-state index in [9.17, 15) is 14.4 Å². The quantitative estimate of drug-likeness (QED) is 0.135. The maximum absolute atomic E-state index is 13.7. The summed E-state index contributed by atoms with van der Waals surface area (Å²) < 4.78 is 14.6. The van der Waals surface area contributed by atoms with Gasteiger partial charge in [0.25, 0.3) is 0 Å². The fourth-order valence-electron chi connectivity index (χ4n) is 8.89. The largest absolute Gasteiger partial charge is 0.455 e. The smallest absolute Gasteiger partial charge is 0.416 e. The Kier molecular flexibility index (Phi) is 12.3. The first-order chi connectivity index (χ1) is 23.8. The number of amides is 2.